The predicted molar refractivity (Wildman–Crippen MR) is 86.5 cm³/mol. The molecule has 2 rings (SSSR count). The molecule has 2 heteroatoms. The van der Waals surface area contributed by atoms with Crippen molar-refractivity contribution in [1.82, 2.24) is 5.43 Å². The van der Waals surface area contributed by atoms with Crippen molar-refractivity contribution in [2.24, 2.45) is 11.0 Å². The summed E-state index contributed by atoms with van der Waals surface area (Å²) in [6.45, 7) is 4.56. The van der Waals surface area contributed by atoms with Gasteiger partial charge in [-0.05, 0) is 12.5 Å². The highest BCUT2D eigenvalue weighted by atomic mass is 15.3. The van der Waals surface area contributed by atoms with Crippen LogP contribution in [-0.4, -0.2) is 5.71 Å². The Kier molecular flexibility index (Phi) is 6.10. The van der Waals surface area contributed by atoms with Crippen LogP contribution in [0, 0.1) is 5.92 Å². The Bertz CT molecular complexity index is 437. The maximum absolute atomic E-state index is 4.38. The molecule has 1 radical (unpaired) electrons. The molecule has 0 saturated carbocycles. The first-order valence-corrected chi connectivity index (χ1v) is 8.21. The Morgan fingerprint density at radius 3 is 2.45 bits per heavy atom. The molecule has 1 aromatic rings. The van der Waals surface area contributed by atoms with Crippen molar-refractivity contribution >= 4 is 11.4 Å². The normalized spacial score (nSPS) is 14.6. The van der Waals surface area contributed by atoms with Crippen LogP contribution in [0.3, 0.4) is 0 Å². The van der Waals surface area contributed by atoms with E-state index in [1.54, 1.807) is 0 Å². The predicted octanol–water partition coefficient (Wildman–Crippen LogP) is 5.42. The number of rotatable bonds is 9. The summed E-state index contributed by atoms with van der Waals surface area (Å²) in [5.74, 6) is 0.526. The molecule has 1 unspecified atom stereocenters. The van der Waals surface area contributed by atoms with E-state index in [1.807, 2.05) is 12.1 Å². The van der Waals surface area contributed by atoms with Crippen LogP contribution in [0.1, 0.15) is 70.8 Å². The first-order valence-electron chi connectivity index (χ1n) is 8.21. The van der Waals surface area contributed by atoms with Gasteiger partial charge < -0.3 is 0 Å². The topological polar surface area (TPSA) is 26.5 Å². The van der Waals surface area contributed by atoms with Gasteiger partial charge in [0.15, 0.2) is 0 Å². The summed E-state index contributed by atoms with van der Waals surface area (Å²) >= 11 is 0. The van der Waals surface area contributed by atoms with Gasteiger partial charge in [-0.3, -0.25) is 0 Å². The van der Waals surface area contributed by atoms with Gasteiger partial charge in [-0.15, -0.1) is 0 Å². The van der Waals surface area contributed by atoms with Crippen LogP contribution < -0.4 is 5.43 Å². The van der Waals surface area contributed by atoms with E-state index in [9.17, 15) is 0 Å². The number of nitrogens with zero attached hydrogens (tertiary/aromatic N) is 2. The molecule has 2 nitrogen and oxygen atoms in total. The van der Waals surface area contributed by atoms with Gasteiger partial charge in [-0.1, -0.05) is 77.0 Å². The van der Waals surface area contributed by atoms with Gasteiger partial charge in [0.2, 0.25) is 0 Å². The molecule has 0 bridgehead atoms. The molecular formula is C18H27N2. The fourth-order valence-electron chi connectivity index (χ4n) is 2.85. The zero-order valence-electron chi connectivity index (χ0n) is 12.9. The van der Waals surface area contributed by atoms with Crippen LogP contribution in [-0.2, 0) is 0 Å². The van der Waals surface area contributed by atoms with Crippen LogP contribution in [0.2, 0.25) is 0 Å². The van der Waals surface area contributed by atoms with Gasteiger partial charge >= 0.3 is 0 Å². The fourth-order valence-corrected chi connectivity index (χ4v) is 2.85. The minimum absolute atomic E-state index is 0.526. The van der Waals surface area contributed by atoms with Crippen LogP contribution >= 0.6 is 0 Å². The highest BCUT2D eigenvalue weighted by molar-refractivity contribution is 6.07. The van der Waals surface area contributed by atoms with Gasteiger partial charge in [0.05, 0.1) is 11.4 Å². The number of hydrogen-bond donors (Lipinski definition) is 0. The summed E-state index contributed by atoms with van der Waals surface area (Å²) in [5.41, 5.74) is 7.73. The second-order valence-electron chi connectivity index (χ2n) is 5.91. The van der Waals surface area contributed by atoms with Gasteiger partial charge in [0.1, 0.15) is 0 Å². The van der Waals surface area contributed by atoms with Crippen molar-refractivity contribution in [3.63, 3.8) is 0 Å². The number of benzene rings is 1. The molecule has 0 spiro atoms. The Hall–Kier alpha value is -1.31. The van der Waals surface area contributed by atoms with Gasteiger partial charge in [0.25, 0.3) is 0 Å². The molecule has 0 N–H and O–H groups in total. The highest BCUT2D eigenvalue weighted by Crippen LogP contribution is 2.27. The molecule has 1 heterocycles. The monoisotopic (exact) mass is 271 g/mol. The molecular weight excluding hydrogens is 244 g/mol. The first-order chi connectivity index (χ1) is 9.83. The van der Waals surface area contributed by atoms with Crippen molar-refractivity contribution in [3.05, 3.63) is 29.8 Å². The quantitative estimate of drug-likeness (QED) is 0.536. The highest BCUT2D eigenvalue weighted by Gasteiger charge is 2.21. The molecule has 1 aromatic carbocycles. The lowest BCUT2D eigenvalue weighted by molar-refractivity contribution is 0.548. The molecule has 0 aliphatic carbocycles. The third kappa shape index (κ3) is 4.09. The Morgan fingerprint density at radius 2 is 1.65 bits per heavy atom. The summed E-state index contributed by atoms with van der Waals surface area (Å²) < 4.78 is 0. The summed E-state index contributed by atoms with van der Waals surface area (Å²) in [5, 5.41) is 4.38. The number of hydrogen-bond acceptors (Lipinski definition) is 1. The van der Waals surface area contributed by atoms with Gasteiger partial charge in [-0.2, -0.15) is 10.5 Å². The molecule has 20 heavy (non-hydrogen) atoms. The maximum Gasteiger partial charge on any atom is 0.0948 e. The average Bonchev–Trinajstić information content (AvgIpc) is 2.90. The molecule has 0 saturated heterocycles. The van der Waals surface area contributed by atoms with Crippen LogP contribution in [0.4, 0.5) is 5.69 Å². The van der Waals surface area contributed by atoms with Gasteiger partial charge in [-0.25, -0.2) is 0 Å². The van der Waals surface area contributed by atoms with Gasteiger partial charge in [0, 0.05) is 11.5 Å². The van der Waals surface area contributed by atoms with E-state index >= 15 is 0 Å². The summed E-state index contributed by atoms with van der Waals surface area (Å²) in [7, 11) is 0. The van der Waals surface area contributed by atoms with Crippen LogP contribution in [0.25, 0.3) is 0 Å². The van der Waals surface area contributed by atoms with E-state index in [0.29, 0.717) is 5.92 Å². The Labute approximate surface area is 123 Å². The molecule has 1 aliphatic rings. The lowest BCUT2D eigenvalue weighted by Gasteiger charge is -2.11. The number of fused-ring (bicyclic) bond motifs is 1. The van der Waals surface area contributed by atoms with Crippen molar-refractivity contribution in [1.29, 1.82) is 0 Å². The van der Waals surface area contributed by atoms with E-state index in [4.69, 9.17) is 0 Å². The van der Waals surface area contributed by atoms with Crippen molar-refractivity contribution in [2.45, 2.75) is 65.2 Å². The molecule has 1 atom stereocenters. The second kappa shape index (κ2) is 8.08. The average molecular weight is 271 g/mol. The second-order valence-corrected chi connectivity index (χ2v) is 5.91. The first kappa shape index (κ1) is 15.1. The summed E-state index contributed by atoms with van der Waals surface area (Å²) in [4.78, 5) is 0. The van der Waals surface area contributed by atoms with E-state index in [-0.39, 0.29) is 0 Å². The standard InChI is InChI=1S/C18H27N2/c1-3-4-5-6-7-8-9-12-15(2)18-16-13-10-11-14-17(16)19-20-18/h10-11,13-15H,3-9,12H2,1-2H3. The summed E-state index contributed by atoms with van der Waals surface area (Å²) in [6.07, 6.45) is 10.8. The molecule has 0 amide bonds. The van der Waals surface area contributed by atoms with E-state index < -0.39 is 0 Å². The Balaban J connectivity index is 1.67. The molecule has 0 fully saturated rings. The fraction of sp³-hybridized carbons (Fsp3) is 0.611. The molecule has 0 aromatic heterocycles. The van der Waals surface area contributed by atoms with Crippen molar-refractivity contribution < 1.29 is 0 Å². The van der Waals surface area contributed by atoms with Crippen LogP contribution in [0.5, 0.6) is 0 Å². The third-order valence-corrected chi connectivity index (χ3v) is 4.15. The van der Waals surface area contributed by atoms with Crippen LogP contribution in [0.15, 0.2) is 29.4 Å². The van der Waals surface area contributed by atoms with Crippen molar-refractivity contribution in [3.8, 4) is 0 Å². The van der Waals surface area contributed by atoms with E-state index in [2.05, 4.69) is 36.5 Å². The SMILES string of the molecule is CCCCCCCCCC(C)C1=N[N]c2ccccc21. The van der Waals surface area contributed by atoms with Crippen molar-refractivity contribution in [2.75, 3.05) is 0 Å². The largest absolute Gasteiger partial charge is 0.154 e. The summed E-state index contributed by atoms with van der Waals surface area (Å²) in [6, 6.07) is 8.30. The maximum atomic E-state index is 4.38. The smallest absolute Gasteiger partial charge is 0.0948 e. The lowest BCUT2D eigenvalue weighted by Crippen LogP contribution is -2.10. The third-order valence-electron chi connectivity index (χ3n) is 4.15. The lowest BCUT2D eigenvalue weighted by atomic mass is 9.93. The molecule has 109 valence electrons. The minimum atomic E-state index is 0.526. The van der Waals surface area contributed by atoms with E-state index in [0.717, 1.165) is 5.69 Å². The number of unbranched alkanes of at least 4 members (excludes halogenated alkanes) is 6. The zero-order valence-corrected chi connectivity index (χ0v) is 12.9. The van der Waals surface area contributed by atoms with E-state index in [1.165, 1.54) is 62.6 Å². The Morgan fingerprint density at radius 1 is 0.950 bits per heavy atom. The zero-order chi connectivity index (χ0) is 14.2. The molecule has 1 aliphatic heterocycles. The minimum Gasteiger partial charge on any atom is -0.154 e.